The van der Waals surface area contributed by atoms with Crippen molar-refractivity contribution in [3.8, 4) is 6.07 Å². The van der Waals surface area contributed by atoms with Gasteiger partial charge in [-0.2, -0.15) is 5.26 Å². The lowest BCUT2D eigenvalue weighted by Crippen LogP contribution is -2.30. The number of amides is 1. The first-order valence-electron chi connectivity index (χ1n) is 6.18. The smallest absolute Gasteiger partial charge is 0.228 e. The maximum atomic E-state index is 12.1. The number of nitriles is 1. The molecule has 102 valence electrons. The summed E-state index contributed by atoms with van der Waals surface area (Å²) < 4.78 is 0.695. The largest absolute Gasteiger partial charge is 0.330 e. The fraction of sp³-hybridized carbons (Fsp3) is 0.429. The zero-order valence-electron chi connectivity index (χ0n) is 11.1. The molecule has 0 spiro atoms. The molecule has 1 aromatic rings. The van der Waals surface area contributed by atoms with Crippen LogP contribution in [0.25, 0.3) is 0 Å². The quantitative estimate of drug-likeness (QED) is 0.874. The summed E-state index contributed by atoms with van der Waals surface area (Å²) >= 11 is 3.34. The van der Waals surface area contributed by atoms with Crippen LogP contribution in [-0.2, 0) is 4.79 Å². The van der Waals surface area contributed by atoms with Gasteiger partial charge in [0, 0.05) is 11.0 Å². The van der Waals surface area contributed by atoms with E-state index < -0.39 is 0 Å². The summed E-state index contributed by atoms with van der Waals surface area (Å²) in [5, 5.41) is 11.6. The van der Waals surface area contributed by atoms with Crippen LogP contribution in [0.2, 0.25) is 0 Å². The molecule has 4 nitrogen and oxygen atoms in total. The molecule has 0 aliphatic carbocycles. The number of nitrogens with one attached hydrogen (secondary N) is 1. The highest BCUT2D eigenvalue weighted by Gasteiger charge is 2.19. The van der Waals surface area contributed by atoms with E-state index in [9.17, 15) is 4.79 Å². The first-order valence-corrected chi connectivity index (χ1v) is 6.97. The first-order chi connectivity index (χ1) is 8.97. The highest BCUT2D eigenvalue weighted by Crippen LogP contribution is 2.24. The second-order valence-corrected chi connectivity index (χ2v) is 5.71. The summed E-state index contributed by atoms with van der Waals surface area (Å²) in [6, 6.07) is 7.10. The van der Waals surface area contributed by atoms with Crippen LogP contribution in [-0.4, -0.2) is 12.5 Å². The Bertz CT molecular complexity index is 494. The van der Waals surface area contributed by atoms with Gasteiger partial charge in [0.25, 0.3) is 0 Å². The summed E-state index contributed by atoms with van der Waals surface area (Å²) in [6.07, 6.45) is 0.760. The van der Waals surface area contributed by atoms with Gasteiger partial charge in [0.05, 0.1) is 23.2 Å². The monoisotopic (exact) mass is 323 g/mol. The third kappa shape index (κ3) is 4.66. The SMILES string of the molecule is CC(C)CC(CN)C(=O)Nc1ccc(C#N)cc1Br. The fourth-order valence-electron chi connectivity index (χ4n) is 1.80. The Labute approximate surface area is 122 Å². The predicted molar refractivity (Wildman–Crippen MR) is 79.5 cm³/mol. The number of nitrogens with two attached hydrogens (primary N) is 1. The van der Waals surface area contributed by atoms with E-state index in [1.807, 2.05) is 6.07 Å². The molecule has 1 rings (SSSR count). The first kappa shape index (κ1) is 15.7. The molecular formula is C14H18BrN3O. The molecule has 1 aromatic carbocycles. The van der Waals surface area contributed by atoms with Gasteiger partial charge in [-0.05, 0) is 46.5 Å². The molecule has 3 N–H and O–H groups in total. The number of carbonyl (C=O) groups excluding carboxylic acids is 1. The number of benzene rings is 1. The van der Waals surface area contributed by atoms with Crippen LogP contribution < -0.4 is 11.1 Å². The van der Waals surface area contributed by atoms with Crippen molar-refractivity contribution >= 4 is 27.5 Å². The minimum Gasteiger partial charge on any atom is -0.330 e. The number of anilines is 1. The number of rotatable bonds is 5. The van der Waals surface area contributed by atoms with E-state index in [4.69, 9.17) is 11.0 Å². The number of halogens is 1. The Morgan fingerprint density at radius 3 is 2.68 bits per heavy atom. The van der Waals surface area contributed by atoms with Crippen LogP contribution in [0.15, 0.2) is 22.7 Å². The molecule has 5 heteroatoms. The molecule has 0 aromatic heterocycles. The second-order valence-electron chi connectivity index (χ2n) is 4.86. The Kier molecular flexibility index (Phi) is 6.00. The van der Waals surface area contributed by atoms with Gasteiger partial charge in [-0.25, -0.2) is 0 Å². The van der Waals surface area contributed by atoms with E-state index in [2.05, 4.69) is 35.1 Å². The molecule has 0 fully saturated rings. The van der Waals surface area contributed by atoms with E-state index in [1.54, 1.807) is 18.2 Å². The summed E-state index contributed by atoms with van der Waals surface area (Å²) in [5.41, 5.74) is 6.85. The predicted octanol–water partition coefficient (Wildman–Crippen LogP) is 2.88. The van der Waals surface area contributed by atoms with E-state index in [-0.39, 0.29) is 11.8 Å². The lowest BCUT2D eigenvalue weighted by Gasteiger charge is -2.17. The molecule has 19 heavy (non-hydrogen) atoms. The summed E-state index contributed by atoms with van der Waals surface area (Å²) in [4.78, 5) is 12.1. The molecule has 0 heterocycles. The Morgan fingerprint density at radius 1 is 1.53 bits per heavy atom. The third-order valence-corrected chi connectivity index (χ3v) is 3.42. The lowest BCUT2D eigenvalue weighted by atomic mass is 9.96. The Balaban J connectivity index is 2.79. The molecule has 0 bridgehead atoms. The molecule has 0 aliphatic heterocycles. The van der Waals surface area contributed by atoms with Gasteiger partial charge in [-0.1, -0.05) is 13.8 Å². The standard InChI is InChI=1S/C14H18BrN3O/c1-9(2)5-11(8-17)14(19)18-13-4-3-10(7-16)6-12(13)15/h3-4,6,9,11H,5,8,17H2,1-2H3,(H,18,19). The van der Waals surface area contributed by atoms with Crippen LogP contribution in [0.1, 0.15) is 25.8 Å². The fourth-order valence-corrected chi connectivity index (χ4v) is 2.28. The van der Waals surface area contributed by atoms with Crippen LogP contribution in [0, 0.1) is 23.2 Å². The van der Waals surface area contributed by atoms with Gasteiger partial charge in [0.2, 0.25) is 5.91 Å². The molecular weight excluding hydrogens is 306 g/mol. The van der Waals surface area contributed by atoms with Crippen molar-refractivity contribution in [2.24, 2.45) is 17.6 Å². The van der Waals surface area contributed by atoms with Gasteiger partial charge >= 0.3 is 0 Å². The van der Waals surface area contributed by atoms with Crippen molar-refractivity contribution in [3.05, 3.63) is 28.2 Å². The van der Waals surface area contributed by atoms with Crippen molar-refractivity contribution < 1.29 is 4.79 Å². The van der Waals surface area contributed by atoms with E-state index in [1.165, 1.54) is 0 Å². The van der Waals surface area contributed by atoms with Gasteiger partial charge in [-0.3, -0.25) is 4.79 Å². The van der Waals surface area contributed by atoms with Crippen LogP contribution in [0.3, 0.4) is 0 Å². The third-order valence-electron chi connectivity index (χ3n) is 2.77. The topological polar surface area (TPSA) is 78.9 Å². The number of hydrogen-bond donors (Lipinski definition) is 2. The van der Waals surface area contributed by atoms with Crippen LogP contribution in [0.4, 0.5) is 5.69 Å². The normalized spacial score (nSPS) is 12.0. The zero-order valence-corrected chi connectivity index (χ0v) is 12.7. The molecule has 0 saturated heterocycles. The van der Waals surface area contributed by atoms with Crippen LogP contribution >= 0.6 is 15.9 Å². The second kappa shape index (κ2) is 7.27. The molecule has 1 amide bonds. The molecule has 0 aliphatic rings. The average Bonchev–Trinajstić information content (AvgIpc) is 2.37. The maximum absolute atomic E-state index is 12.1. The number of nitrogens with zero attached hydrogens (tertiary/aromatic N) is 1. The van der Waals surface area contributed by atoms with Gasteiger partial charge in [0.1, 0.15) is 0 Å². The summed E-state index contributed by atoms with van der Waals surface area (Å²) in [6.45, 7) is 4.46. The average molecular weight is 324 g/mol. The number of hydrogen-bond acceptors (Lipinski definition) is 3. The highest BCUT2D eigenvalue weighted by molar-refractivity contribution is 9.10. The minimum atomic E-state index is -0.192. The van der Waals surface area contributed by atoms with E-state index >= 15 is 0 Å². The van der Waals surface area contributed by atoms with Gasteiger partial charge in [-0.15, -0.1) is 0 Å². The minimum absolute atomic E-state index is 0.0818. The Hall–Kier alpha value is -1.38. The molecule has 0 saturated carbocycles. The number of carbonyl (C=O) groups is 1. The van der Waals surface area contributed by atoms with Gasteiger partial charge < -0.3 is 11.1 Å². The van der Waals surface area contributed by atoms with E-state index in [0.717, 1.165) is 6.42 Å². The summed E-state index contributed by atoms with van der Waals surface area (Å²) in [7, 11) is 0. The van der Waals surface area contributed by atoms with Crippen molar-refractivity contribution in [1.29, 1.82) is 5.26 Å². The maximum Gasteiger partial charge on any atom is 0.228 e. The Morgan fingerprint density at radius 2 is 2.21 bits per heavy atom. The van der Waals surface area contributed by atoms with E-state index in [0.29, 0.717) is 28.2 Å². The van der Waals surface area contributed by atoms with Crippen LogP contribution in [0.5, 0.6) is 0 Å². The molecule has 0 radical (unpaired) electrons. The van der Waals surface area contributed by atoms with Crippen molar-refractivity contribution in [2.75, 3.05) is 11.9 Å². The zero-order chi connectivity index (χ0) is 14.4. The highest BCUT2D eigenvalue weighted by atomic mass is 79.9. The van der Waals surface area contributed by atoms with Gasteiger partial charge in [0.15, 0.2) is 0 Å². The van der Waals surface area contributed by atoms with Crippen molar-refractivity contribution in [1.82, 2.24) is 0 Å². The molecule has 1 unspecified atom stereocenters. The lowest BCUT2D eigenvalue weighted by molar-refractivity contribution is -0.120. The van der Waals surface area contributed by atoms with Crippen molar-refractivity contribution in [2.45, 2.75) is 20.3 Å². The summed E-state index contributed by atoms with van der Waals surface area (Å²) in [5.74, 6) is 0.146. The van der Waals surface area contributed by atoms with Crippen molar-refractivity contribution in [3.63, 3.8) is 0 Å². The molecule has 1 atom stereocenters.